The van der Waals surface area contributed by atoms with Gasteiger partial charge in [-0.2, -0.15) is 0 Å². The molecule has 2 aliphatic rings. The minimum absolute atomic E-state index is 0. The fourth-order valence-electron chi connectivity index (χ4n) is 4.58. The number of aromatic nitrogens is 6. The quantitative estimate of drug-likeness (QED) is 0.185. The van der Waals surface area contributed by atoms with Crippen molar-refractivity contribution in [3.63, 3.8) is 0 Å². The molecule has 0 spiro atoms. The number of piperazine rings is 2. The Labute approximate surface area is 288 Å². The van der Waals surface area contributed by atoms with Crippen molar-refractivity contribution in [2.45, 2.75) is 53.4 Å². The molecule has 264 valence electrons. The van der Waals surface area contributed by atoms with Crippen LogP contribution in [-0.2, 0) is 0 Å². The van der Waals surface area contributed by atoms with Crippen molar-refractivity contribution in [2.24, 2.45) is 0 Å². The standard InChI is InChI=1S/2C15H28N5O2.2ClH/c2*1-5-11-21-14-16-13(17-15(18-14)22-12-6-2)20(4)9-7-19(3)8-10-20;;/h2*5-12H2,1-4H3;2*1H/q2*+1;;/p-2. The molecule has 4 rings (SSSR count). The lowest BCUT2D eigenvalue weighted by Crippen LogP contribution is -3.00. The second-order valence-electron chi connectivity index (χ2n) is 12.1. The molecule has 0 radical (unpaired) electrons. The van der Waals surface area contributed by atoms with Crippen LogP contribution < -0.4 is 52.7 Å². The van der Waals surface area contributed by atoms with Gasteiger partial charge in [0, 0.05) is 26.2 Å². The second-order valence-corrected chi connectivity index (χ2v) is 12.1. The highest BCUT2D eigenvalue weighted by Crippen LogP contribution is 2.24. The van der Waals surface area contributed by atoms with Gasteiger partial charge in [0.25, 0.3) is 0 Å². The average molecular weight is 692 g/mol. The summed E-state index contributed by atoms with van der Waals surface area (Å²) in [4.78, 5) is 31.3. The summed E-state index contributed by atoms with van der Waals surface area (Å²) in [6.45, 7) is 18.6. The zero-order chi connectivity index (χ0) is 32.0. The van der Waals surface area contributed by atoms with Crippen LogP contribution in [0.5, 0.6) is 24.0 Å². The van der Waals surface area contributed by atoms with E-state index in [9.17, 15) is 0 Å². The zero-order valence-electron chi connectivity index (χ0n) is 29.2. The van der Waals surface area contributed by atoms with Crippen molar-refractivity contribution in [1.82, 2.24) is 48.7 Å². The molecule has 0 unspecified atom stereocenters. The number of hydrogen-bond acceptors (Lipinski definition) is 12. The number of rotatable bonds is 14. The lowest BCUT2D eigenvalue weighted by atomic mass is 10.3. The van der Waals surface area contributed by atoms with Gasteiger partial charge in [0.1, 0.15) is 0 Å². The van der Waals surface area contributed by atoms with Crippen LogP contribution in [0.25, 0.3) is 0 Å². The Balaban J connectivity index is 0.000000441. The molecule has 46 heavy (non-hydrogen) atoms. The maximum absolute atomic E-state index is 5.61. The van der Waals surface area contributed by atoms with Gasteiger partial charge in [0.15, 0.2) is 0 Å². The molecule has 2 aliphatic heterocycles. The van der Waals surface area contributed by atoms with Crippen molar-refractivity contribution in [3.05, 3.63) is 0 Å². The molecule has 0 amide bonds. The molecule has 2 saturated heterocycles. The molecule has 14 nitrogen and oxygen atoms in total. The van der Waals surface area contributed by atoms with Crippen LogP contribution in [0.1, 0.15) is 53.4 Å². The Morgan fingerprint density at radius 2 is 0.717 bits per heavy atom. The third kappa shape index (κ3) is 12.7. The lowest BCUT2D eigenvalue weighted by molar-refractivity contribution is -0.00100. The number of nitrogens with zero attached hydrogens (tertiary/aromatic N) is 10. The monoisotopic (exact) mass is 690 g/mol. The highest BCUT2D eigenvalue weighted by atomic mass is 35.5. The van der Waals surface area contributed by atoms with Crippen molar-refractivity contribution in [1.29, 1.82) is 0 Å². The van der Waals surface area contributed by atoms with Crippen molar-refractivity contribution in [2.75, 3.05) is 107 Å². The van der Waals surface area contributed by atoms with E-state index in [1.807, 2.05) is 0 Å². The highest BCUT2D eigenvalue weighted by molar-refractivity contribution is 5.29. The second kappa shape index (κ2) is 20.8. The SMILES string of the molecule is CCCOc1nc(OCCC)nc([N+]2(C)CCN(C)CC2)n1.CCCOc1nc(OCCC)nc([N+]2(C)CCN(C)CC2)n1.[Cl-].[Cl-]. The van der Waals surface area contributed by atoms with Crippen LogP contribution in [0.4, 0.5) is 11.9 Å². The predicted molar refractivity (Wildman–Crippen MR) is 173 cm³/mol. The van der Waals surface area contributed by atoms with Gasteiger partial charge in [-0.25, -0.2) is 0 Å². The maximum atomic E-state index is 5.61. The summed E-state index contributed by atoms with van der Waals surface area (Å²) < 4.78 is 23.8. The Morgan fingerprint density at radius 1 is 0.478 bits per heavy atom. The number of halogens is 2. The average Bonchev–Trinajstić information content (AvgIpc) is 3.04. The Bertz CT molecular complexity index is 997. The molecule has 2 aromatic rings. The molecular weight excluding hydrogens is 635 g/mol. The highest BCUT2D eigenvalue weighted by Gasteiger charge is 2.35. The molecular formula is C30H56Cl2N10O4. The van der Waals surface area contributed by atoms with Crippen molar-refractivity contribution >= 4 is 11.9 Å². The summed E-state index contributed by atoms with van der Waals surface area (Å²) in [5, 5.41) is 0. The van der Waals surface area contributed by atoms with E-state index in [2.05, 4.69) is 95.6 Å². The molecule has 0 atom stereocenters. The molecule has 0 saturated carbocycles. The minimum atomic E-state index is 0. The first-order valence-corrected chi connectivity index (χ1v) is 16.2. The van der Waals surface area contributed by atoms with Gasteiger partial charge in [-0.05, 0) is 39.8 Å². The first-order chi connectivity index (χ1) is 21.1. The molecule has 16 heteroatoms. The third-order valence-electron chi connectivity index (χ3n) is 7.77. The van der Waals surface area contributed by atoms with Gasteiger partial charge < -0.3 is 43.8 Å². The Kier molecular flexibility index (Phi) is 18.8. The fourth-order valence-corrected chi connectivity index (χ4v) is 4.58. The van der Waals surface area contributed by atoms with Crippen molar-refractivity contribution < 1.29 is 43.8 Å². The zero-order valence-corrected chi connectivity index (χ0v) is 30.7. The van der Waals surface area contributed by atoms with Crippen LogP contribution in [0, 0.1) is 0 Å². The molecule has 4 heterocycles. The van der Waals surface area contributed by atoms with E-state index in [4.69, 9.17) is 18.9 Å². The van der Waals surface area contributed by atoms with E-state index in [1.165, 1.54) is 0 Å². The van der Waals surface area contributed by atoms with Crippen LogP contribution in [0.15, 0.2) is 0 Å². The van der Waals surface area contributed by atoms with Crippen LogP contribution >= 0.6 is 0 Å². The first kappa shape index (κ1) is 41.7. The summed E-state index contributed by atoms with van der Waals surface area (Å²) in [6.07, 6.45) is 3.68. The van der Waals surface area contributed by atoms with Gasteiger partial charge in [-0.3, -0.25) is 18.8 Å². The minimum Gasteiger partial charge on any atom is -1.00 e. The van der Waals surface area contributed by atoms with Gasteiger partial charge >= 0.3 is 35.9 Å². The maximum Gasteiger partial charge on any atom is 0.338 e. The van der Waals surface area contributed by atoms with Gasteiger partial charge in [-0.1, -0.05) is 27.7 Å². The summed E-state index contributed by atoms with van der Waals surface area (Å²) in [5.74, 6) is 1.47. The van der Waals surface area contributed by atoms with Gasteiger partial charge in [-0.15, -0.1) is 29.9 Å². The lowest BCUT2D eigenvalue weighted by Gasteiger charge is -2.38. The molecule has 0 aliphatic carbocycles. The van der Waals surface area contributed by atoms with Crippen molar-refractivity contribution in [3.8, 4) is 24.0 Å². The van der Waals surface area contributed by atoms with Crippen LogP contribution in [-0.4, -0.2) is 147 Å². The smallest absolute Gasteiger partial charge is 0.338 e. The van der Waals surface area contributed by atoms with Gasteiger partial charge in [0.2, 0.25) is 0 Å². The number of hydrogen-bond donors (Lipinski definition) is 0. The molecule has 2 aromatic heterocycles. The van der Waals surface area contributed by atoms with E-state index in [1.54, 1.807) is 0 Å². The van der Waals surface area contributed by atoms with Crippen LogP contribution in [0.3, 0.4) is 0 Å². The predicted octanol–water partition coefficient (Wildman–Crippen LogP) is -3.33. The number of quaternary nitrogens is 2. The van der Waals surface area contributed by atoms with E-state index in [0.29, 0.717) is 59.4 Å². The number of likely N-dealkylation sites (N-methyl/N-ethyl adjacent to an activating group) is 4. The summed E-state index contributed by atoms with van der Waals surface area (Å²) in [5.41, 5.74) is 0. The Hall–Kier alpha value is -2.36. The van der Waals surface area contributed by atoms with Gasteiger partial charge in [0.05, 0.1) is 66.7 Å². The van der Waals surface area contributed by atoms with Crippen LogP contribution in [0.2, 0.25) is 0 Å². The summed E-state index contributed by atoms with van der Waals surface area (Å²) >= 11 is 0. The normalized spacial score (nSPS) is 17.4. The van der Waals surface area contributed by atoms with E-state index in [0.717, 1.165) is 89.9 Å². The summed E-state index contributed by atoms with van der Waals surface area (Å²) in [6, 6.07) is 1.49. The largest absolute Gasteiger partial charge is 1.00 e. The molecule has 0 aromatic carbocycles. The summed E-state index contributed by atoms with van der Waals surface area (Å²) in [7, 11) is 8.61. The van der Waals surface area contributed by atoms with E-state index in [-0.39, 0.29) is 24.8 Å². The third-order valence-corrected chi connectivity index (χ3v) is 7.77. The molecule has 0 bridgehead atoms. The molecule has 2 fully saturated rings. The fraction of sp³-hybridized carbons (Fsp3) is 0.800. The van der Waals surface area contributed by atoms with E-state index >= 15 is 0 Å². The Morgan fingerprint density at radius 3 is 0.935 bits per heavy atom. The number of ether oxygens (including phenoxy) is 4. The topological polar surface area (TPSA) is 121 Å². The van der Waals surface area contributed by atoms with E-state index < -0.39 is 0 Å². The first-order valence-electron chi connectivity index (χ1n) is 16.2. The molecule has 0 N–H and O–H groups in total.